The van der Waals surface area contributed by atoms with Gasteiger partial charge in [0.15, 0.2) is 0 Å². The molecule has 4 rings (SSSR count). The van der Waals surface area contributed by atoms with Crippen LogP contribution in [0.5, 0.6) is 0 Å². The highest BCUT2D eigenvalue weighted by Gasteiger charge is 2.32. The molecule has 0 aliphatic carbocycles. The number of benzene rings is 2. The van der Waals surface area contributed by atoms with Gasteiger partial charge in [-0.3, -0.25) is 14.4 Å². The van der Waals surface area contributed by atoms with Crippen molar-refractivity contribution in [1.82, 2.24) is 9.78 Å². The Bertz CT molecular complexity index is 1180. The van der Waals surface area contributed by atoms with Gasteiger partial charge in [-0.15, -0.1) is 0 Å². The van der Waals surface area contributed by atoms with E-state index >= 15 is 0 Å². The molecular formula is C24H24N4O3. The van der Waals surface area contributed by atoms with Crippen LogP contribution in [0.2, 0.25) is 0 Å². The summed E-state index contributed by atoms with van der Waals surface area (Å²) in [4.78, 5) is 39.4. The van der Waals surface area contributed by atoms with Crippen molar-refractivity contribution < 1.29 is 9.59 Å². The first-order valence-electron chi connectivity index (χ1n) is 10.3. The summed E-state index contributed by atoms with van der Waals surface area (Å²) in [6.45, 7) is 4.05. The van der Waals surface area contributed by atoms with Gasteiger partial charge in [-0.05, 0) is 50.1 Å². The normalized spacial score (nSPS) is 14.9. The minimum absolute atomic E-state index is 0.00682. The van der Waals surface area contributed by atoms with E-state index in [0.29, 0.717) is 5.69 Å². The number of fused-ring (bicyclic) bond motifs is 1. The summed E-state index contributed by atoms with van der Waals surface area (Å²) < 4.78 is 1.18. The van der Waals surface area contributed by atoms with E-state index in [4.69, 9.17) is 0 Å². The standard InChI is InChI=1S/C24H24N4O3/c1-16-7-9-19(10-8-16)25-22(29)13-14-27-23(30)12-11-20(26-27)24(31)28-17(2)15-18-5-3-4-6-21(18)28/h3-12,17H,13-15H2,1-2H3,(H,25,29)/t17-/m0/s1. The smallest absolute Gasteiger partial charge is 0.278 e. The first kappa shape index (κ1) is 20.5. The van der Waals surface area contributed by atoms with Crippen LogP contribution in [0.25, 0.3) is 0 Å². The second-order valence-corrected chi connectivity index (χ2v) is 7.80. The molecular weight excluding hydrogens is 392 g/mol. The molecule has 1 aliphatic rings. The number of nitrogens with zero attached hydrogens (tertiary/aromatic N) is 3. The van der Waals surface area contributed by atoms with Crippen molar-refractivity contribution >= 4 is 23.2 Å². The molecule has 0 saturated carbocycles. The van der Waals surface area contributed by atoms with Crippen molar-refractivity contribution in [3.63, 3.8) is 0 Å². The van der Waals surface area contributed by atoms with Crippen molar-refractivity contribution in [2.45, 2.75) is 39.3 Å². The molecule has 3 aromatic rings. The lowest BCUT2D eigenvalue weighted by Gasteiger charge is -2.22. The van der Waals surface area contributed by atoms with Crippen LogP contribution < -0.4 is 15.8 Å². The Morgan fingerprint density at radius 2 is 1.81 bits per heavy atom. The molecule has 0 unspecified atom stereocenters. The zero-order chi connectivity index (χ0) is 22.0. The van der Waals surface area contributed by atoms with Crippen LogP contribution in [0.3, 0.4) is 0 Å². The molecule has 0 fully saturated rings. The van der Waals surface area contributed by atoms with Crippen LogP contribution >= 0.6 is 0 Å². The molecule has 7 heteroatoms. The number of carbonyl (C=O) groups is 2. The zero-order valence-corrected chi connectivity index (χ0v) is 17.5. The second-order valence-electron chi connectivity index (χ2n) is 7.80. The predicted molar refractivity (Wildman–Crippen MR) is 119 cm³/mol. The number of hydrogen-bond acceptors (Lipinski definition) is 4. The molecule has 0 saturated heterocycles. The maximum absolute atomic E-state index is 13.2. The van der Waals surface area contributed by atoms with Crippen LogP contribution in [0, 0.1) is 6.92 Å². The SMILES string of the molecule is Cc1ccc(NC(=O)CCn2nc(C(=O)N3c4ccccc4C[C@@H]3C)ccc2=O)cc1. The van der Waals surface area contributed by atoms with E-state index in [2.05, 4.69) is 10.4 Å². The summed E-state index contributed by atoms with van der Waals surface area (Å²) >= 11 is 0. The molecule has 2 heterocycles. The molecule has 2 amide bonds. The summed E-state index contributed by atoms with van der Waals surface area (Å²) in [7, 11) is 0. The first-order valence-corrected chi connectivity index (χ1v) is 10.3. The maximum atomic E-state index is 13.2. The molecule has 1 aliphatic heterocycles. The summed E-state index contributed by atoms with van der Waals surface area (Å²) in [5.41, 5.74) is 3.62. The predicted octanol–water partition coefficient (Wildman–Crippen LogP) is 3.17. The molecule has 31 heavy (non-hydrogen) atoms. The minimum atomic E-state index is -0.352. The zero-order valence-electron chi connectivity index (χ0n) is 17.5. The number of nitrogens with one attached hydrogen (secondary N) is 1. The van der Waals surface area contributed by atoms with Gasteiger partial charge in [0.25, 0.3) is 11.5 Å². The average molecular weight is 416 g/mol. The molecule has 0 radical (unpaired) electrons. The molecule has 2 aromatic carbocycles. The van der Waals surface area contributed by atoms with E-state index in [1.165, 1.54) is 16.8 Å². The lowest BCUT2D eigenvalue weighted by atomic mass is 10.1. The Kier molecular flexibility index (Phi) is 5.66. The fourth-order valence-corrected chi connectivity index (χ4v) is 3.79. The van der Waals surface area contributed by atoms with Crippen molar-refractivity contribution in [3.8, 4) is 0 Å². The van der Waals surface area contributed by atoms with Crippen LogP contribution in [0.15, 0.2) is 65.5 Å². The third-order valence-electron chi connectivity index (χ3n) is 5.40. The van der Waals surface area contributed by atoms with Gasteiger partial charge < -0.3 is 10.2 Å². The Morgan fingerprint density at radius 1 is 1.06 bits per heavy atom. The summed E-state index contributed by atoms with van der Waals surface area (Å²) in [6, 6.07) is 18.0. The minimum Gasteiger partial charge on any atom is -0.326 e. The van der Waals surface area contributed by atoms with Gasteiger partial charge in [-0.1, -0.05) is 35.9 Å². The van der Waals surface area contributed by atoms with Gasteiger partial charge in [-0.25, -0.2) is 4.68 Å². The topological polar surface area (TPSA) is 84.3 Å². The molecule has 1 N–H and O–H groups in total. The van der Waals surface area contributed by atoms with Crippen molar-refractivity contribution in [3.05, 3.63) is 87.8 Å². The lowest BCUT2D eigenvalue weighted by molar-refractivity contribution is -0.116. The number of rotatable bonds is 5. The van der Waals surface area contributed by atoms with E-state index in [1.54, 1.807) is 4.90 Å². The molecule has 0 bridgehead atoms. The number of anilines is 2. The van der Waals surface area contributed by atoms with E-state index in [-0.39, 0.29) is 42.1 Å². The van der Waals surface area contributed by atoms with E-state index in [0.717, 1.165) is 23.2 Å². The van der Waals surface area contributed by atoms with Crippen LogP contribution in [-0.2, 0) is 17.8 Å². The molecule has 158 valence electrons. The first-order chi connectivity index (χ1) is 14.9. The van der Waals surface area contributed by atoms with Crippen LogP contribution in [-0.4, -0.2) is 27.6 Å². The fraction of sp³-hybridized carbons (Fsp3) is 0.250. The highest BCUT2D eigenvalue weighted by molar-refractivity contribution is 6.06. The van der Waals surface area contributed by atoms with E-state index in [1.807, 2.05) is 62.4 Å². The van der Waals surface area contributed by atoms with Crippen molar-refractivity contribution in [2.75, 3.05) is 10.2 Å². The largest absolute Gasteiger partial charge is 0.326 e. The number of carbonyl (C=O) groups excluding carboxylic acids is 2. The van der Waals surface area contributed by atoms with Crippen molar-refractivity contribution in [1.29, 1.82) is 0 Å². The van der Waals surface area contributed by atoms with Gasteiger partial charge in [0.2, 0.25) is 5.91 Å². The highest BCUT2D eigenvalue weighted by Crippen LogP contribution is 2.32. The van der Waals surface area contributed by atoms with E-state index in [9.17, 15) is 14.4 Å². The quantitative estimate of drug-likeness (QED) is 0.692. The van der Waals surface area contributed by atoms with Gasteiger partial charge in [0.1, 0.15) is 5.69 Å². The lowest BCUT2D eigenvalue weighted by Crippen LogP contribution is -2.37. The Labute approximate surface area is 180 Å². The number of aromatic nitrogens is 2. The number of amides is 2. The van der Waals surface area contributed by atoms with Crippen LogP contribution in [0.4, 0.5) is 11.4 Å². The number of hydrogen-bond donors (Lipinski definition) is 1. The van der Waals surface area contributed by atoms with E-state index < -0.39 is 0 Å². The van der Waals surface area contributed by atoms with Gasteiger partial charge in [0, 0.05) is 29.9 Å². The molecule has 0 spiro atoms. The second kappa shape index (κ2) is 8.55. The Hall–Kier alpha value is -3.74. The van der Waals surface area contributed by atoms with Gasteiger partial charge in [0.05, 0.1) is 6.54 Å². The van der Waals surface area contributed by atoms with Gasteiger partial charge in [-0.2, -0.15) is 5.10 Å². The van der Waals surface area contributed by atoms with Crippen LogP contribution in [0.1, 0.15) is 35.0 Å². The maximum Gasteiger partial charge on any atom is 0.278 e. The molecule has 1 atom stereocenters. The Morgan fingerprint density at radius 3 is 2.58 bits per heavy atom. The average Bonchev–Trinajstić information content (AvgIpc) is 3.10. The Balaban J connectivity index is 1.47. The molecule has 7 nitrogen and oxygen atoms in total. The third-order valence-corrected chi connectivity index (χ3v) is 5.40. The van der Waals surface area contributed by atoms with Gasteiger partial charge >= 0.3 is 0 Å². The monoisotopic (exact) mass is 416 g/mol. The number of para-hydroxylation sites is 1. The molecule has 1 aromatic heterocycles. The third kappa shape index (κ3) is 4.40. The fourth-order valence-electron chi connectivity index (χ4n) is 3.79. The highest BCUT2D eigenvalue weighted by atomic mass is 16.2. The van der Waals surface area contributed by atoms with Crippen molar-refractivity contribution in [2.24, 2.45) is 0 Å². The number of aryl methyl sites for hydroxylation is 2. The summed E-state index contributed by atoms with van der Waals surface area (Å²) in [6.07, 6.45) is 0.849. The summed E-state index contributed by atoms with van der Waals surface area (Å²) in [5, 5.41) is 7.05. The summed E-state index contributed by atoms with van der Waals surface area (Å²) in [5.74, 6) is -0.480.